The molecule has 2 heterocycles. The lowest BCUT2D eigenvalue weighted by atomic mass is 9.94. The summed E-state index contributed by atoms with van der Waals surface area (Å²) in [5.74, 6) is 0. The van der Waals surface area contributed by atoms with Crippen molar-refractivity contribution in [2.45, 2.75) is 19.4 Å². The maximum atomic E-state index is 4.33. The standard InChI is InChI=1S/C13H15N3S/c1-13(2,14-3)9-4-5-10-11(8-9)17-12-15-6-7-16(10)12/h4-8,14H,1-3H3. The molecule has 0 bridgehead atoms. The summed E-state index contributed by atoms with van der Waals surface area (Å²) in [7, 11) is 1.99. The fourth-order valence-corrected chi connectivity index (χ4v) is 3.00. The topological polar surface area (TPSA) is 29.3 Å². The summed E-state index contributed by atoms with van der Waals surface area (Å²) >= 11 is 1.73. The van der Waals surface area contributed by atoms with Crippen molar-refractivity contribution in [1.29, 1.82) is 0 Å². The molecule has 0 radical (unpaired) electrons. The van der Waals surface area contributed by atoms with Crippen molar-refractivity contribution in [3.63, 3.8) is 0 Å². The molecular weight excluding hydrogens is 230 g/mol. The Hall–Kier alpha value is -1.39. The number of aromatic nitrogens is 2. The van der Waals surface area contributed by atoms with Crippen LogP contribution >= 0.6 is 11.3 Å². The molecule has 3 nitrogen and oxygen atoms in total. The van der Waals surface area contributed by atoms with Gasteiger partial charge in [-0.1, -0.05) is 17.4 Å². The van der Waals surface area contributed by atoms with Gasteiger partial charge in [0.2, 0.25) is 0 Å². The van der Waals surface area contributed by atoms with Crippen molar-refractivity contribution in [2.75, 3.05) is 7.05 Å². The zero-order valence-corrected chi connectivity index (χ0v) is 11.0. The maximum Gasteiger partial charge on any atom is 0.194 e. The number of hydrogen-bond acceptors (Lipinski definition) is 3. The molecular formula is C13H15N3S. The van der Waals surface area contributed by atoms with E-state index in [1.54, 1.807) is 11.3 Å². The molecule has 0 saturated heterocycles. The monoisotopic (exact) mass is 245 g/mol. The third-order valence-electron chi connectivity index (χ3n) is 3.37. The number of nitrogens with zero attached hydrogens (tertiary/aromatic N) is 2. The second-order valence-corrected chi connectivity index (χ2v) is 5.75. The Morgan fingerprint density at radius 3 is 2.94 bits per heavy atom. The van der Waals surface area contributed by atoms with Gasteiger partial charge in [-0.15, -0.1) is 0 Å². The van der Waals surface area contributed by atoms with Crippen molar-refractivity contribution in [3.8, 4) is 0 Å². The number of rotatable bonds is 2. The van der Waals surface area contributed by atoms with E-state index in [0.717, 1.165) is 4.96 Å². The Balaban J connectivity index is 2.25. The summed E-state index contributed by atoms with van der Waals surface area (Å²) in [5, 5.41) is 3.33. The minimum Gasteiger partial charge on any atom is -0.311 e. The van der Waals surface area contributed by atoms with E-state index in [9.17, 15) is 0 Å². The van der Waals surface area contributed by atoms with Gasteiger partial charge >= 0.3 is 0 Å². The minimum absolute atomic E-state index is 0.000270. The first-order chi connectivity index (χ1) is 8.12. The van der Waals surface area contributed by atoms with E-state index < -0.39 is 0 Å². The lowest BCUT2D eigenvalue weighted by Gasteiger charge is -2.24. The highest BCUT2D eigenvalue weighted by Crippen LogP contribution is 2.29. The average Bonchev–Trinajstić information content (AvgIpc) is 2.87. The van der Waals surface area contributed by atoms with Crippen molar-refractivity contribution in [1.82, 2.24) is 14.7 Å². The first kappa shape index (κ1) is 10.7. The molecule has 0 saturated carbocycles. The van der Waals surface area contributed by atoms with Crippen LogP contribution in [-0.4, -0.2) is 16.4 Å². The number of hydrogen-bond donors (Lipinski definition) is 1. The van der Waals surface area contributed by atoms with Crippen LogP contribution < -0.4 is 5.32 Å². The van der Waals surface area contributed by atoms with E-state index in [4.69, 9.17) is 0 Å². The van der Waals surface area contributed by atoms with Crippen molar-refractivity contribution in [2.24, 2.45) is 0 Å². The quantitative estimate of drug-likeness (QED) is 0.752. The second-order valence-electron chi connectivity index (χ2n) is 4.74. The summed E-state index contributed by atoms with van der Waals surface area (Å²) in [6.07, 6.45) is 3.85. The van der Waals surface area contributed by atoms with Gasteiger partial charge in [0.05, 0.1) is 10.2 Å². The highest BCUT2D eigenvalue weighted by molar-refractivity contribution is 7.23. The predicted octanol–water partition coefficient (Wildman–Crippen LogP) is 3.00. The lowest BCUT2D eigenvalue weighted by molar-refractivity contribution is 0.445. The van der Waals surface area contributed by atoms with Crippen molar-refractivity contribution < 1.29 is 0 Å². The van der Waals surface area contributed by atoms with Crippen LogP contribution in [0.1, 0.15) is 19.4 Å². The van der Waals surface area contributed by atoms with E-state index in [-0.39, 0.29) is 5.54 Å². The van der Waals surface area contributed by atoms with Gasteiger partial charge in [-0.05, 0) is 38.6 Å². The molecule has 0 amide bonds. The molecule has 88 valence electrons. The van der Waals surface area contributed by atoms with Crippen LogP contribution in [0.3, 0.4) is 0 Å². The van der Waals surface area contributed by atoms with Crippen LogP contribution in [0.2, 0.25) is 0 Å². The number of thiazole rings is 1. The number of imidazole rings is 1. The Bertz CT molecular complexity index is 678. The molecule has 1 N–H and O–H groups in total. The summed E-state index contributed by atoms with van der Waals surface area (Å²) in [4.78, 5) is 5.39. The predicted molar refractivity (Wildman–Crippen MR) is 72.7 cm³/mol. The molecule has 0 fully saturated rings. The molecule has 0 aliphatic heterocycles. The summed E-state index contributed by atoms with van der Waals surface area (Å²) in [6, 6.07) is 6.62. The minimum atomic E-state index is 0.000270. The SMILES string of the molecule is CNC(C)(C)c1ccc2c(c1)sc1nccn12. The molecule has 0 atom stereocenters. The Morgan fingerprint density at radius 1 is 1.35 bits per heavy atom. The Kier molecular flexibility index (Phi) is 2.24. The van der Waals surface area contributed by atoms with Gasteiger partial charge in [0, 0.05) is 17.9 Å². The first-order valence-electron chi connectivity index (χ1n) is 5.67. The van der Waals surface area contributed by atoms with Gasteiger partial charge in [-0.25, -0.2) is 4.98 Å². The Labute approximate surface area is 104 Å². The van der Waals surface area contributed by atoms with E-state index in [0.29, 0.717) is 0 Å². The van der Waals surface area contributed by atoms with Gasteiger partial charge in [0.25, 0.3) is 0 Å². The lowest BCUT2D eigenvalue weighted by Crippen LogP contribution is -2.32. The van der Waals surface area contributed by atoms with Gasteiger partial charge in [-0.3, -0.25) is 4.40 Å². The average molecular weight is 245 g/mol. The molecule has 2 aromatic heterocycles. The third-order valence-corrected chi connectivity index (χ3v) is 4.41. The zero-order valence-electron chi connectivity index (χ0n) is 10.2. The second kappa shape index (κ2) is 3.55. The summed E-state index contributed by atoms with van der Waals surface area (Å²) in [5.41, 5.74) is 2.54. The highest BCUT2D eigenvalue weighted by Gasteiger charge is 2.18. The van der Waals surface area contributed by atoms with E-state index in [1.807, 2.05) is 19.4 Å². The van der Waals surface area contributed by atoms with Gasteiger partial charge in [-0.2, -0.15) is 0 Å². The molecule has 3 aromatic rings. The molecule has 0 spiro atoms. The molecule has 0 unspecified atom stereocenters. The van der Waals surface area contributed by atoms with E-state index >= 15 is 0 Å². The van der Waals surface area contributed by atoms with E-state index in [2.05, 4.69) is 46.7 Å². The van der Waals surface area contributed by atoms with Crippen LogP contribution in [0.4, 0.5) is 0 Å². The Morgan fingerprint density at radius 2 is 2.18 bits per heavy atom. The zero-order chi connectivity index (χ0) is 12.0. The van der Waals surface area contributed by atoms with Crippen molar-refractivity contribution >= 4 is 26.5 Å². The smallest absolute Gasteiger partial charge is 0.194 e. The molecule has 1 aromatic carbocycles. The van der Waals surface area contributed by atoms with Crippen LogP contribution in [0.25, 0.3) is 15.2 Å². The van der Waals surface area contributed by atoms with Crippen molar-refractivity contribution in [3.05, 3.63) is 36.2 Å². The molecule has 4 heteroatoms. The van der Waals surface area contributed by atoms with E-state index in [1.165, 1.54) is 15.8 Å². The fraction of sp³-hybridized carbons (Fsp3) is 0.308. The van der Waals surface area contributed by atoms with Gasteiger partial charge < -0.3 is 5.32 Å². The number of benzene rings is 1. The normalized spacial score (nSPS) is 12.6. The molecule has 0 aliphatic rings. The molecule has 3 rings (SSSR count). The van der Waals surface area contributed by atoms with Gasteiger partial charge in [0.1, 0.15) is 0 Å². The summed E-state index contributed by atoms with van der Waals surface area (Å²) in [6.45, 7) is 4.37. The fourth-order valence-electron chi connectivity index (χ4n) is 1.97. The maximum absolute atomic E-state index is 4.33. The molecule has 0 aliphatic carbocycles. The number of fused-ring (bicyclic) bond motifs is 3. The summed E-state index contributed by atoms with van der Waals surface area (Å²) < 4.78 is 3.42. The third kappa shape index (κ3) is 1.56. The highest BCUT2D eigenvalue weighted by atomic mass is 32.1. The van der Waals surface area contributed by atoms with Crippen LogP contribution in [-0.2, 0) is 5.54 Å². The number of nitrogens with one attached hydrogen (secondary N) is 1. The van der Waals surface area contributed by atoms with Crippen LogP contribution in [0.15, 0.2) is 30.6 Å². The first-order valence-corrected chi connectivity index (χ1v) is 6.48. The van der Waals surface area contributed by atoms with Gasteiger partial charge in [0.15, 0.2) is 4.96 Å². The molecule has 17 heavy (non-hydrogen) atoms. The van der Waals surface area contributed by atoms with Crippen LogP contribution in [0.5, 0.6) is 0 Å². The largest absolute Gasteiger partial charge is 0.311 e. The van der Waals surface area contributed by atoms with Crippen LogP contribution in [0, 0.1) is 0 Å².